The Morgan fingerprint density at radius 3 is 2.53 bits per heavy atom. The maximum absolute atomic E-state index is 9.46. The van der Waals surface area contributed by atoms with Crippen molar-refractivity contribution in [2.75, 3.05) is 18.0 Å². The molecular weight excluding hydrogens is 222 g/mol. The number of aliphatic hydroxyl groups is 2. The van der Waals surface area contributed by atoms with E-state index in [1.165, 1.54) is 0 Å². The van der Waals surface area contributed by atoms with Gasteiger partial charge in [-0.25, -0.2) is 9.97 Å². The van der Waals surface area contributed by atoms with E-state index in [-0.39, 0.29) is 18.9 Å². The monoisotopic (exact) mass is 237 g/mol. The van der Waals surface area contributed by atoms with Crippen molar-refractivity contribution in [3.63, 3.8) is 0 Å². The molecule has 7 heteroatoms. The van der Waals surface area contributed by atoms with Crippen LogP contribution in [0.15, 0.2) is 6.07 Å². The lowest BCUT2D eigenvalue weighted by molar-refractivity contribution is 0.0572. The highest BCUT2D eigenvalue weighted by atomic mass is 16.3. The van der Waals surface area contributed by atoms with Crippen LogP contribution < -0.4 is 10.6 Å². The summed E-state index contributed by atoms with van der Waals surface area (Å²) in [6, 6.07) is 1.62. The van der Waals surface area contributed by atoms with Gasteiger partial charge in [0.05, 0.1) is 12.2 Å². The first-order valence-corrected chi connectivity index (χ1v) is 5.28. The van der Waals surface area contributed by atoms with E-state index in [2.05, 4.69) is 9.97 Å². The van der Waals surface area contributed by atoms with Gasteiger partial charge in [0.15, 0.2) is 0 Å². The first kappa shape index (κ1) is 11.7. The van der Waals surface area contributed by atoms with Crippen LogP contribution in [0.25, 0.3) is 0 Å². The lowest BCUT2D eigenvalue weighted by Crippen LogP contribution is -2.25. The minimum absolute atomic E-state index is 0.128. The highest BCUT2D eigenvalue weighted by Gasteiger charge is 2.31. The average Bonchev–Trinajstić information content (AvgIpc) is 2.58. The maximum Gasteiger partial charge on any atom is 0.226 e. The Labute approximate surface area is 98.4 Å². The molecule has 0 aliphatic carbocycles. The van der Waals surface area contributed by atoms with Gasteiger partial charge in [0.1, 0.15) is 11.5 Å². The summed E-state index contributed by atoms with van der Waals surface area (Å²) >= 11 is 0. The van der Waals surface area contributed by atoms with Crippen molar-refractivity contribution < 1.29 is 10.2 Å². The van der Waals surface area contributed by atoms with Gasteiger partial charge in [-0.3, -0.25) is 5.41 Å². The molecule has 0 aromatic carbocycles. The van der Waals surface area contributed by atoms with Gasteiger partial charge in [0.2, 0.25) is 5.95 Å². The van der Waals surface area contributed by atoms with Crippen molar-refractivity contribution >= 4 is 11.8 Å². The van der Waals surface area contributed by atoms with E-state index in [1.54, 1.807) is 17.9 Å². The quantitative estimate of drug-likeness (QED) is 0.371. The summed E-state index contributed by atoms with van der Waals surface area (Å²) in [5, 5.41) is 26.3. The number of hydrogen-bond donors (Lipinski definition) is 4. The van der Waals surface area contributed by atoms with Gasteiger partial charge in [-0.1, -0.05) is 0 Å². The van der Waals surface area contributed by atoms with Crippen molar-refractivity contribution in [1.29, 1.82) is 5.41 Å². The first-order chi connectivity index (χ1) is 7.97. The van der Waals surface area contributed by atoms with E-state index in [9.17, 15) is 10.2 Å². The van der Waals surface area contributed by atoms with E-state index in [0.717, 1.165) is 0 Å². The van der Waals surface area contributed by atoms with Gasteiger partial charge in [-0.05, 0) is 13.0 Å². The second-order valence-corrected chi connectivity index (χ2v) is 4.15. The van der Waals surface area contributed by atoms with E-state index >= 15 is 0 Å². The second kappa shape index (κ2) is 4.27. The Bertz CT molecular complexity index is 440. The van der Waals surface area contributed by atoms with Gasteiger partial charge >= 0.3 is 0 Å². The molecule has 0 saturated carbocycles. The molecule has 17 heavy (non-hydrogen) atoms. The van der Waals surface area contributed by atoms with E-state index in [4.69, 9.17) is 11.1 Å². The van der Waals surface area contributed by atoms with Crippen LogP contribution in [-0.4, -0.2) is 51.3 Å². The lowest BCUT2D eigenvalue weighted by Gasteiger charge is -2.16. The SMILES string of the molecule is Cc1cc(C(=N)N)nc(N2CC(O)C(O)C2)n1. The Morgan fingerprint density at radius 1 is 1.41 bits per heavy atom. The fourth-order valence-electron chi connectivity index (χ4n) is 1.77. The Hall–Kier alpha value is -1.73. The number of amidine groups is 1. The van der Waals surface area contributed by atoms with Crippen LogP contribution in [0.1, 0.15) is 11.4 Å². The predicted octanol–water partition coefficient (Wildman–Crippen LogP) is -1.39. The number of nitrogen functional groups attached to an aromatic ring is 1. The smallest absolute Gasteiger partial charge is 0.226 e. The third-order valence-corrected chi connectivity index (χ3v) is 2.66. The normalized spacial score (nSPS) is 24.1. The van der Waals surface area contributed by atoms with Gasteiger partial charge < -0.3 is 20.8 Å². The molecule has 2 heterocycles. The average molecular weight is 237 g/mol. The van der Waals surface area contributed by atoms with Crippen molar-refractivity contribution in [1.82, 2.24) is 9.97 Å². The molecule has 92 valence electrons. The van der Waals surface area contributed by atoms with Crippen LogP contribution in [0, 0.1) is 12.3 Å². The molecule has 5 N–H and O–H groups in total. The zero-order chi connectivity index (χ0) is 12.6. The number of rotatable bonds is 2. The molecule has 0 spiro atoms. The van der Waals surface area contributed by atoms with Gasteiger partial charge in [-0.15, -0.1) is 0 Å². The number of aryl methyl sites for hydroxylation is 1. The van der Waals surface area contributed by atoms with E-state index in [1.807, 2.05) is 0 Å². The summed E-state index contributed by atoms with van der Waals surface area (Å²) in [6.45, 7) is 2.34. The number of β-amino-alcohol motifs (C(OH)–C–C–N with tert-alkyl or cyclic N) is 2. The Kier molecular flexibility index (Phi) is 2.95. The van der Waals surface area contributed by atoms with Crippen LogP contribution in [-0.2, 0) is 0 Å². The van der Waals surface area contributed by atoms with Gasteiger partial charge in [-0.2, -0.15) is 0 Å². The Morgan fingerprint density at radius 2 is 2.00 bits per heavy atom. The van der Waals surface area contributed by atoms with Crippen LogP contribution in [0.4, 0.5) is 5.95 Å². The molecule has 1 aromatic rings. The van der Waals surface area contributed by atoms with E-state index in [0.29, 0.717) is 17.3 Å². The van der Waals surface area contributed by atoms with Gasteiger partial charge in [0, 0.05) is 18.8 Å². The maximum atomic E-state index is 9.46. The molecule has 1 aliphatic rings. The number of aliphatic hydroxyl groups excluding tert-OH is 2. The van der Waals surface area contributed by atoms with Crippen molar-refractivity contribution in [2.45, 2.75) is 19.1 Å². The third-order valence-electron chi connectivity index (χ3n) is 2.66. The molecule has 2 unspecified atom stereocenters. The molecule has 0 radical (unpaired) electrons. The van der Waals surface area contributed by atoms with Crippen LogP contribution >= 0.6 is 0 Å². The third kappa shape index (κ3) is 2.34. The summed E-state index contributed by atoms with van der Waals surface area (Å²) in [6.07, 6.45) is -1.58. The largest absolute Gasteiger partial charge is 0.388 e. The van der Waals surface area contributed by atoms with Crippen LogP contribution in [0.3, 0.4) is 0 Å². The number of nitrogens with two attached hydrogens (primary N) is 1. The summed E-state index contributed by atoms with van der Waals surface area (Å²) in [5.41, 5.74) is 6.42. The standard InChI is InChI=1S/C10H15N5O2/c1-5-2-6(9(11)12)14-10(13-5)15-3-7(16)8(17)4-15/h2,7-8,16-17H,3-4H2,1H3,(H3,11,12). The van der Waals surface area contributed by atoms with Gasteiger partial charge in [0.25, 0.3) is 0 Å². The molecule has 0 bridgehead atoms. The number of nitrogens with zero attached hydrogens (tertiary/aromatic N) is 3. The second-order valence-electron chi connectivity index (χ2n) is 4.15. The molecule has 0 amide bonds. The van der Waals surface area contributed by atoms with Crippen molar-refractivity contribution in [2.24, 2.45) is 5.73 Å². The highest BCUT2D eigenvalue weighted by Crippen LogP contribution is 2.17. The topological polar surface area (TPSA) is 119 Å². The molecule has 1 saturated heterocycles. The van der Waals surface area contributed by atoms with Crippen LogP contribution in [0.5, 0.6) is 0 Å². The minimum atomic E-state index is -0.792. The summed E-state index contributed by atoms with van der Waals surface area (Å²) in [5.74, 6) is 0.253. The summed E-state index contributed by atoms with van der Waals surface area (Å²) < 4.78 is 0. The zero-order valence-electron chi connectivity index (χ0n) is 9.46. The number of nitrogens with one attached hydrogen (secondary N) is 1. The molecule has 7 nitrogen and oxygen atoms in total. The predicted molar refractivity (Wildman–Crippen MR) is 62.0 cm³/mol. The van der Waals surface area contributed by atoms with Crippen molar-refractivity contribution in [3.05, 3.63) is 17.5 Å². The number of anilines is 1. The van der Waals surface area contributed by atoms with Crippen LogP contribution in [0.2, 0.25) is 0 Å². The molecule has 1 aliphatic heterocycles. The molecular formula is C10H15N5O2. The van der Waals surface area contributed by atoms with Crippen molar-refractivity contribution in [3.8, 4) is 0 Å². The van der Waals surface area contributed by atoms with E-state index < -0.39 is 12.2 Å². The molecule has 1 aromatic heterocycles. The molecule has 1 fully saturated rings. The highest BCUT2D eigenvalue weighted by molar-refractivity contribution is 5.93. The zero-order valence-corrected chi connectivity index (χ0v) is 9.46. The molecule has 2 rings (SSSR count). The fraction of sp³-hybridized carbons (Fsp3) is 0.500. The Balaban J connectivity index is 2.30. The minimum Gasteiger partial charge on any atom is -0.388 e. The summed E-state index contributed by atoms with van der Waals surface area (Å²) in [7, 11) is 0. The fourth-order valence-corrected chi connectivity index (χ4v) is 1.77. The molecule has 2 atom stereocenters. The lowest BCUT2D eigenvalue weighted by atomic mass is 10.3. The first-order valence-electron chi connectivity index (χ1n) is 5.28. The number of aromatic nitrogens is 2. The number of hydrogen-bond acceptors (Lipinski definition) is 6. The summed E-state index contributed by atoms with van der Waals surface area (Å²) in [4.78, 5) is 10.0.